The molecule has 3 aromatic rings. The molecule has 1 aromatic heterocycles. The van der Waals surface area contributed by atoms with Crippen molar-refractivity contribution in [3.05, 3.63) is 76.5 Å². The van der Waals surface area contributed by atoms with Gasteiger partial charge in [0.25, 0.3) is 0 Å². The number of fused-ring (bicyclic) bond motifs is 1. The Morgan fingerprint density at radius 2 is 1.92 bits per heavy atom. The van der Waals surface area contributed by atoms with E-state index in [1.165, 1.54) is 28.8 Å². The van der Waals surface area contributed by atoms with Gasteiger partial charge in [-0.25, -0.2) is 13.5 Å². The van der Waals surface area contributed by atoms with Crippen LogP contribution in [-0.4, -0.2) is 66.0 Å². The molecule has 0 saturated heterocycles. The summed E-state index contributed by atoms with van der Waals surface area (Å²) in [6.07, 6.45) is 0. The van der Waals surface area contributed by atoms with Crippen LogP contribution in [0, 0.1) is 18.6 Å². The van der Waals surface area contributed by atoms with Crippen molar-refractivity contribution >= 4 is 29.4 Å². The molecule has 1 aliphatic rings. The number of carbonyl (C=O) groups is 2. The van der Waals surface area contributed by atoms with Crippen molar-refractivity contribution in [2.75, 3.05) is 44.4 Å². The van der Waals surface area contributed by atoms with Crippen LogP contribution in [0.1, 0.15) is 48.4 Å². The molecular weight excluding hydrogens is 520 g/mol. The number of rotatable bonds is 7. The van der Waals surface area contributed by atoms with E-state index in [2.05, 4.69) is 5.32 Å². The Hall–Kier alpha value is -3.24. The molecule has 0 fully saturated rings. The molecule has 1 atom stereocenters. The minimum Gasteiger partial charge on any atom is -0.353 e. The number of carbonyl (C=O) groups excluding carboxylic acids is 2. The van der Waals surface area contributed by atoms with Crippen LogP contribution >= 0.6 is 11.8 Å². The number of hydrogen-bond acceptors (Lipinski definition) is 5. The summed E-state index contributed by atoms with van der Waals surface area (Å²) in [6.45, 7) is 8.85. The van der Waals surface area contributed by atoms with Gasteiger partial charge in [0.2, 0.25) is 11.8 Å². The number of likely N-dealkylation sites (N-methyl/N-ethyl adjacent to an activating group) is 1. The van der Waals surface area contributed by atoms with Crippen LogP contribution in [0.4, 0.5) is 14.6 Å². The second-order valence-corrected chi connectivity index (χ2v) is 12.2. The maximum atomic E-state index is 15.2. The molecule has 0 unspecified atom stereocenters. The van der Waals surface area contributed by atoms with Crippen molar-refractivity contribution < 1.29 is 18.4 Å². The molecule has 10 heteroatoms. The molecular formula is C29H35F2N5O2S. The van der Waals surface area contributed by atoms with E-state index in [-0.39, 0.29) is 29.7 Å². The lowest BCUT2D eigenvalue weighted by atomic mass is 9.87. The maximum absolute atomic E-state index is 15.2. The highest BCUT2D eigenvalue weighted by molar-refractivity contribution is 8.00. The molecule has 0 saturated carbocycles. The Morgan fingerprint density at radius 3 is 2.56 bits per heavy atom. The molecule has 2 heterocycles. The van der Waals surface area contributed by atoms with Gasteiger partial charge in [-0.2, -0.15) is 5.10 Å². The molecule has 0 spiro atoms. The van der Waals surface area contributed by atoms with E-state index in [9.17, 15) is 14.0 Å². The van der Waals surface area contributed by atoms with Gasteiger partial charge in [-0.05, 0) is 44.8 Å². The number of amides is 2. The number of thioether (sulfide) groups is 1. The second-order valence-electron chi connectivity index (χ2n) is 11.1. The van der Waals surface area contributed by atoms with Crippen molar-refractivity contribution in [1.29, 1.82) is 0 Å². The summed E-state index contributed by atoms with van der Waals surface area (Å²) in [5.74, 6) is -1.52. The van der Waals surface area contributed by atoms with Crippen molar-refractivity contribution in [3.8, 4) is 5.69 Å². The summed E-state index contributed by atoms with van der Waals surface area (Å²) in [5, 5.41) is 7.24. The predicted octanol–water partition coefficient (Wildman–Crippen LogP) is 4.60. The van der Waals surface area contributed by atoms with E-state index in [0.717, 1.165) is 17.3 Å². The maximum Gasteiger partial charge on any atom is 0.240 e. The highest BCUT2D eigenvalue weighted by Gasteiger charge is 2.40. The molecule has 1 aliphatic heterocycles. The normalized spacial score (nSPS) is 15.9. The number of anilines is 1. The van der Waals surface area contributed by atoms with E-state index < -0.39 is 22.3 Å². The van der Waals surface area contributed by atoms with Gasteiger partial charge in [-0.3, -0.25) is 14.5 Å². The van der Waals surface area contributed by atoms with Gasteiger partial charge in [0, 0.05) is 35.7 Å². The van der Waals surface area contributed by atoms with E-state index in [0.29, 0.717) is 30.2 Å². The zero-order chi connectivity index (χ0) is 28.5. The van der Waals surface area contributed by atoms with Gasteiger partial charge in [0.1, 0.15) is 24.0 Å². The number of aryl methyl sites for hydroxylation is 1. The first kappa shape index (κ1) is 28.8. The Kier molecular flexibility index (Phi) is 8.46. The molecule has 1 N–H and O–H groups in total. The van der Waals surface area contributed by atoms with Crippen LogP contribution in [-0.2, 0) is 15.0 Å². The van der Waals surface area contributed by atoms with Crippen molar-refractivity contribution in [1.82, 2.24) is 20.0 Å². The molecule has 2 amide bonds. The monoisotopic (exact) mass is 555 g/mol. The molecule has 2 aromatic carbocycles. The van der Waals surface area contributed by atoms with Gasteiger partial charge in [0.15, 0.2) is 0 Å². The molecule has 0 bridgehead atoms. The zero-order valence-electron chi connectivity index (χ0n) is 23.2. The van der Waals surface area contributed by atoms with E-state index >= 15 is 4.39 Å². The first-order chi connectivity index (χ1) is 18.4. The summed E-state index contributed by atoms with van der Waals surface area (Å²) in [6, 6.07) is 11.2. The van der Waals surface area contributed by atoms with Crippen LogP contribution in [0.2, 0.25) is 0 Å². The zero-order valence-corrected chi connectivity index (χ0v) is 24.0. The van der Waals surface area contributed by atoms with Crippen molar-refractivity contribution in [2.24, 2.45) is 0 Å². The van der Waals surface area contributed by atoms with Crippen LogP contribution in [0.5, 0.6) is 0 Å². The van der Waals surface area contributed by atoms with Gasteiger partial charge >= 0.3 is 0 Å². The third kappa shape index (κ3) is 6.33. The SMILES string of the molecule is Cc1cccc(-n2nc(C(C)(C)C)c3c2N(CC(=O)NCCN(C)C)C(=O)CS[C@@H]3c2ccc(F)cc2F)c1. The Bertz CT molecular complexity index is 1380. The lowest BCUT2D eigenvalue weighted by molar-refractivity contribution is -0.122. The van der Waals surface area contributed by atoms with Crippen LogP contribution in [0.15, 0.2) is 42.5 Å². The highest BCUT2D eigenvalue weighted by atomic mass is 32.2. The fraction of sp³-hybridized carbons (Fsp3) is 0.414. The summed E-state index contributed by atoms with van der Waals surface area (Å²) in [4.78, 5) is 30.1. The van der Waals surface area contributed by atoms with Crippen LogP contribution in [0.25, 0.3) is 5.69 Å². The summed E-state index contributed by atoms with van der Waals surface area (Å²) >= 11 is 1.26. The average Bonchev–Trinajstić information content (AvgIpc) is 3.18. The van der Waals surface area contributed by atoms with Gasteiger partial charge in [-0.1, -0.05) is 39.0 Å². The van der Waals surface area contributed by atoms with E-state index in [4.69, 9.17) is 5.10 Å². The van der Waals surface area contributed by atoms with E-state index in [1.807, 2.05) is 71.0 Å². The fourth-order valence-corrected chi connectivity index (χ4v) is 5.81. The predicted molar refractivity (Wildman–Crippen MR) is 152 cm³/mol. The molecule has 0 aliphatic carbocycles. The van der Waals surface area contributed by atoms with Crippen LogP contribution in [0.3, 0.4) is 0 Å². The quantitative estimate of drug-likeness (QED) is 0.462. The van der Waals surface area contributed by atoms with Gasteiger partial charge < -0.3 is 10.2 Å². The first-order valence-electron chi connectivity index (χ1n) is 12.9. The van der Waals surface area contributed by atoms with Crippen LogP contribution < -0.4 is 10.2 Å². The third-order valence-electron chi connectivity index (χ3n) is 6.47. The van der Waals surface area contributed by atoms with Crippen molar-refractivity contribution in [2.45, 2.75) is 38.4 Å². The van der Waals surface area contributed by atoms with Gasteiger partial charge in [0.05, 0.1) is 22.4 Å². The number of aromatic nitrogens is 2. The first-order valence-corrected chi connectivity index (χ1v) is 13.9. The lowest BCUT2D eigenvalue weighted by Crippen LogP contribution is -2.43. The molecule has 39 heavy (non-hydrogen) atoms. The Balaban J connectivity index is 1.95. The largest absolute Gasteiger partial charge is 0.353 e. The Morgan fingerprint density at radius 1 is 1.18 bits per heavy atom. The summed E-state index contributed by atoms with van der Waals surface area (Å²) in [5.41, 5.74) is 2.82. The summed E-state index contributed by atoms with van der Waals surface area (Å²) in [7, 11) is 3.83. The number of nitrogens with zero attached hydrogens (tertiary/aromatic N) is 4. The molecule has 208 valence electrons. The minimum absolute atomic E-state index is 0.0124. The standard InChI is InChI=1S/C29H35F2N5O2S/c1-18-8-7-9-20(14-18)36-28-25(27(33-36)29(2,3)4)26(21-11-10-19(30)15-22(21)31)39-17-24(38)35(28)16-23(37)32-12-13-34(5)6/h7-11,14-15,26H,12-13,16-17H2,1-6H3,(H,32,37)/t26-/m1/s1. The highest BCUT2D eigenvalue weighted by Crippen LogP contribution is 2.49. The topological polar surface area (TPSA) is 70.5 Å². The molecule has 7 nitrogen and oxygen atoms in total. The average molecular weight is 556 g/mol. The van der Waals surface area contributed by atoms with Gasteiger partial charge in [-0.15, -0.1) is 11.8 Å². The smallest absolute Gasteiger partial charge is 0.240 e. The third-order valence-corrected chi connectivity index (χ3v) is 7.71. The second kappa shape index (κ2) is 11.5. The number of benzene rings is 2. The minimum atomic E-state index is -0.691. The fourth-order valence-electron chi connectivity index (χ4n) is 4.59. The lowest BCUT2D eigenvalue weighted by Gasteiger charge is -2.25. The summed E-state index contributed by atoms with van der Waals surface area (Å²) < 4.78 is 30.8. The number of hydrogen-bond donors (Lipinski definition) is 1. The number of halogens is 2. The molecule has 0 radical (unpaired) electrons. The van der Waals surface area contributed by atoms with E-state index in [1.54, 1.807) is 4.68 Å². The Labute approximate surface area is 232 Å². The van der Waals surface area contributed by atoms with Crippen molar-refractivity contribution in [3.63, 3.8) is 0 Å². The molecule has 4 rings (SSSR count). The number of nitrogens with one attached hydrogen (secondary N) is 1.